The molecule has 0 fully saturated rings. The first kappa shape index (κ1) is 13.6. The second-order valence-electron chi connectivity index (χ2n) is 4.55. The SMILES string of the molecule is Cc1ccccc1OC(=S)Nc1c(C)cccc1C. The van der Waals surface area contributed by atoms with Crippen LogP contribution in [0, 0.1) is 20.8 Å². The summed E-state index contributed by atoms with van der Waals surface area (Å²) < 4.78 is 5.68. The van der Waals surface area contributed by atoms with E-state index in [-0.39, 0.29) is 0 Å². The van der Waals surface area contributed by atoms with Crippen molar-refractivity contribution in [1.82, 2.24) is 0 Å². The number of aryl methyl sites for hydroxylation is 3. The average molecular weight is 271 g/mol. The van der Waals surface area contributed by atoms with Gasteiger partial charge in [-0.3, -0.25) is 0 Å². The second kappa shape index (κ2) is 5.85. The number of hydrogen-bond donors (Lipinski definition) is 1. The number of para-hydroxylation sites is 2. The molecular weight excluding hydrogens is 254 g/mol. The zero-order chi connectivity index (χ0) is 13.8. The highest BCUT2D eigenvalue weighted by Crippen LogP contribution is 2.21. The van der Waals surface area contributed by atoms with Crippen LogP contribution in [0.2, 0.25) is 0 Å². The summed E-state index contributed by atoms with van der Waals surface area (Å²) in [6, 6.07) is 13.9. The summed E-state index contributed by atoms with van der Waals surface area (Å²) in [6.07, 6.45) is 0. The Morgan fingerprint density at radius 3 is 2.11 bits per heavy atom. The van der Waals surface area contributed by atoms with Crippen molar-refractivity contribution in [2.75, 3.05) is 5.32 Å². The Morgan fingerprint density at radius 2 is 1.47 bits per heavy atom. The first-order valence-corrected chi connectivity index (χ1v) is 6.59. The molecule has 2 rings (SSSR count). The van der Waals surface area contributed by atoms with Crippen LogP contribution in [0.25, 0.3) is 0 Å². The zero-order valence-corrected chi connectivity index (χ0v) is 12.2. The van der Waals surface area contributed by atoms with Gasteiger partial charge in [0.25, 0.3) is 5.17 Å². The van der Waals surface area contributed by atoms with Crippen LogP contribution in [-0.2, 0) is 0 Å². The molecule has 2 nitrogen and oxygen atoms in total. The van der Waals surface area contributed by atoms with Crippen molar-refractivity contribution in [1.29, 1.82) is 0 Å². The fourth-order valence-electron chi connectivity index (χ4n) is 1.91. The summed E-state index contributed by atoms with van der Waals surface area (Å²) in [5.41, 5.74) is 4.38. The number of ether oxygens (including phenoxy) is 1. The van der Waals surface area contributed by atoms with E-state index in [1.807, 2.05) is 63.2 Å². The molecule has 0 heterocycles. The molecule has 19 heavy (non-hydrogen) atoms. The molecule has 3 heteroatoms. The van der Waals surface area contributed by atoms with Crippen LogP contribution >= 0.6 is 12.2 Å². The monoisotopic (exact) mass is 271 g/mol. The van der Waals surface area contributed by atoms with Crippen molar-refractivity contribution >= 4 is 23.1 Å². The number of anilines is 1. The molecule has 0 atom stereocenters. The highest BCUT2D eigenvalue weighted by Gasteiger charge is 2.07. The quantitative estimate of drug-likeness (QED) is 0.819. The van der Waals surface area contributed by atoms with Crippen LogP contribution in [0.15, 0.2) is 42.5 Å². The predicted molar refractivity (Wildman–Crippen MR) is 83.9 cm³/mol. The topological polar surface area (TPSA) is 21.3 Å². The van der Waals surface area contributed by atoms with E-state index >= 15 is 0 Å². The van der Waals surface area contributed by atoms with Crippen LogP contribution in [0.5, 0.6) is 5.75 Å². The molecule has 0 aromatic heterocycles. The molecule has 2 aromatic rings. The van der Waals surface area contributed by atoms with Gasteiger partial charge in [0.1, 0.15) is 5.75 Å². The molecule has 1 N–H and O–H groups in total. The summed E-state index contributed by atoms with van der Waals surface area (Å²) in [4.78, 5) is 0. The van der Waals surface area contributed by atoms with Crippen LogP contribution in [0.1, 0.15) is 16.7 Å². The van der Waals surface area contributed by atoms with Crippen LogP contribution in [0.3, 0.4) is 0 Å². The lowest BCUT2D eigenvalue weighted by molar-refractivity contribution is 0.558. The number of rotatable bonds is 2. The van der Waals surface area contributed by atoms with Crippen molar-refractivity contribution in [3.63, 3.8) is 0 Å². The van der Waals surface area contributed by atoms with Gasteiger partial charge in [-0.15, -0.1) is 0 Å². The standard InChI is InChI=1S/C16H17NOS/c1-11-7-4-5-10-14(11)18-16(19)17-15-12(2)8-6-9-13(15)3/h4-10H,1-3H3,(H,17,19). The minimum Gasteiger partial charge on any atom is -0.431 e. The Balaban J connectivity index is 2.12. The van der Waals surface area contributed by atoms with Crippen molar-refractivity contribution < 1.29 is 4.74 Å². The molecule has 0 saturated carbocycles. The maximum atomic E-state index is 5.68. The Morgan fingerprint density at radius 1 is 0.895 bits per heavy atom. The predicted octanol–water partition coefficient (Wildman–Crippen LogP) is 4.39. The first-order chi connectivity index (χ1) is 9.08. The minimum atomic E-state index is 0.367. The average Bonchev–Trinajstić information content (AvgIpc) is 2.37. The molecule has 0 radical (unpaired) electrons. The molecule has 2 aromatic carbocycles. The fraction of sp³-hybridized carbons (Fsp3) is 0.188. The molecule has 0 spiro atoms. The van der Waals surface area contributed by atoms with Gasteiger partial charge in [-0.1, -0.05) is 36.4 Å². The summed E-state index contributed by atoms with van der Waals surface area (Å²) in [7, 11) is 0. The van der Waals surface area contributed by atoms with E-state index in [1.165, 1.54) is 0 Å². The molecule has 0 bridgehead atoms. The van der Waals surface area contributed by atoms with Gasteiger partial charge in [-0.25, -0.2) is 0 Å². The summed E-state index contributed by atoms with van der Waals surface area (Å²) in [5.74, 6) is 0.784. The van der Waals surface area contributed by atoms with Crippen LogP contribution in [0.4, 0.5) is 5.69 Å². The van der Waals surface area contributed by atoms with Gasteiger partial charge in [-0.2, -0.15) is 0 Å². The van der Waals surface area contributed by atoms with E-state index in [0.29, 0.717) is 5.17 Å². The van der Waals surface area contributed by atoms with Crippen molar-refractivity contribution in [3.8, 4) is 5.75 Å². The molecule has 0 aliphatic carbocycles. The maximum Gasteiger partial charge on any atom is 0.266 e. The first-order valence-electron chi connectivity index (χ1n) is 6.18. The Hall–Kier alpha value is -1.87. The van der Waals surface area contributed by atoms with Gasteiger partial charge in [0.2, 0.25) is 0 Å². The van der Waals surface area contributed by atoms with E-state index < -0.39 is 0 Å². The van der Waals surface area contributed by atoms with E-state index in [4.69, 9.17) is 17.0 Å². The normalized spacial score (nSPS) is 10.1. The van der Waals surface area contributed by atoms with Gasteiger partial charge in [0.05, 0.1) is 0 Å². The van der Waals surface area contributed by atoms with E-state index in [1.54, 1.807) is 0 Å². The molecule has 0 saturated heterocycles. The lowest BCUT2D eigenvalue weighted by Crippen LogP contribution is -2.18. The third-order valence-electron chi connectivity index (χ3n) is 3.00. The number of nitrogens with one attached hydrogen (secondary N) is 1. The van der Waals surface area contributed by atoms with Gasteiger partial charge < -0.3 is 10.1 Å². The Kier molecular flexibility index (Phi) is 4.17. The number of thiocarbonyl (C=S) groups is 1. The minimum absolute atomic E-state index is 0.367. The summed E-state index contributed by atoms with van der Waals surface area (Å²) in [6.45, 7) is 6.09. The highest BCUT2D eigenvalue weighted by atomic mass is 32.1. The van der Waals surface area contributed by atoms with Gasteiger partial charge in [0, 0.05) is 5.69 Å². The molecule has 0 aliphatic rings. The van der Waals surface area contributed by atoms with Crippen molar-refractivity contribution in [3.05, 3.63) is 59.2 Å². The lowest BCUT2D eigenvalue weighted by atomic mass is 10.1. The van der Waals surface area contributed by atoms with Crippen LogP contribution < -0.4 is 10.1 Å². The van der Waals surface area contributed by atoms with Gasteiger partial charge in [0.15, 0.2) is 0 Å². The third kappa shape index (κ3) is 3.32. The highest BCUT2D eigenvalue weighted by molar-refractivity contribution is 7.80. The summed E-state index contributed by atoms with van der Waals surface area (Å²) >= 11 is 5.26. The molecule has 0 aliphatic heterocycles. The lowest BCUT2D eigenvalue weighted by Gasteiger charge is -2.14. The fourth-order valence-corrected chi connectivity index (χ4v) is 2.10. The van der Waals surface area contributed by atoms with E-state index in [2.05, 4.69) is 5.32 Å². The number of benzene rings is 2. The van der Waals surface area contributed by atoms with Gasteiger partial charge in [-0.05, 0) is 55.7 Å². The zero-order valence-electron chi connectivity index (χ0n) is 11.4. The van der Waals surface area contributed by atoms with E-state index in [0.717, 1.165) is 28.1 Å². The molecule has 98 valence electrons. The molecular formula is C16H17NOS. The van der Waals surface area contributed by atoms with Gasteiger partial charge >= 0.3 is 0 Å². The third-order valence-corrected chi connectivity index (χ3v) is 3.19. The largest absolute Gasteiger partial charge is 0.431 e. The maximum absolute atomic E-state index is 5.68. The number of hydrogen-bond acceptors (Lipinski definition) is 2. The Bertz CT molecular complexity index is 587. The van der Waals surface area contributed by atoms with E-state index in [9.17, 15) is 0 Å². The molecule has 0 unspecified atom stereocenters. The van der Waals surface area contributed by atoms with Crippen molar-refractivity contribution in [2.45, 2.75) is 20.8 Å². The second-order valence-corrected chi connectivity index (χ2v) is 4.92. The smallest absolute Gasteiger partial charge is 0.266 e. The van der Waals surface area contributed by atoms with Crippen LogP contribution in [-0.4, -0.2) is 5.17 Å². The summed E-state index contributed by atoms with van der Waals surface area (Å²) in [5, 5.41) is 3.53. The molecule has 0 amide bonds. The van der Waals surface area contributed by atoms with Crippen molar-refractivity contribution in [2.24, 2.45) is 0 Å². The Labute approximate surface area is 119 Å².